The Bertz CT molecular complexity index is 908. The molecule has 0 atom stereocenters. The Morgan fingerprint density at radius 1 is 1.12 bits per heavy atom. The van der Waals surface area contributed by atoms with Crippen LogP contribution in [0.25, 0.3) is 10.6 Å². The van der Waals surface area contributed by atoms with Crippen LogP contribution in [0.1, 0.15) is 5.56 Å². The molecular weight excluding hydrogens is 342 g/mol. The predicted octanol–water partition coefficient (Wildman–Crippen LogP) is 3.71. The van der Waals surface area contributed by atoms with E-state index in [4.69, 9.17) is 9.47 Å². The molecule has 1 aromatic carbocycles. The largest absolute Gasteiger partial charge is 0.497 e. The van der Waals surface area contributed by atoms with Gasteiger partial charge in [0.2, 0.25) is 4.80 Å². The lowest BCUT2D eigenvalue weighted by atomic mass is 10.2. The molecule has 7 heteroatoms. The maximum atomic E-state index is 5.40. The summed E-state index contributed by atoms with van der Waals surface area (Å²) in [6.45, 7) is 0. The van der Waals surface area contributed by atoms with E-state index in [2.05, 4.69) is 26.9 Å². The highest BCUT2D eigenvalue weighted by atomic mass is 32.1. The van der Waals surface area contributed by atoms with E-state index in [0.717, 1.165) is 32.4 Å². The van der Waals surface area contributed by atoms with Gasteiger partial charge in [0.1, 0.15) is 11.5 Å². The van der Waals surface area contributed by atoms with Crippen molar-refractivity contribution in [3.8, 4) is 22.1 Å². The molecule has 0 aliphatic heterocycles. The maximum Gasteiger partial charge on any atom is 0.205 e. The molecule has 0 saturated heterocycles. The summed E-state index contributed by atoms with van der Waals surface area (Å²) >= 11 is 3.24. The number of ether oxygens (including phenoxy) is 2. The number of rotatable bonds is 5. The monoisotopic (exact) mass is 359 g/mol. The fourth-order valence-electron chi connectivity index (χ4n) is 2.22. The van der Waals surface area contributed by atoms with Crippen LogP contribution < -0.4 is 14.3 Å². The molecule has 0 aliphatic rings. The van der Waals surface area contributed by atoms with Gasteiger partial charge in [-0.3, -0.25) is 4.99 Å². The van der Waals surface area contributed by atoms with E-state index < -0.39 is 0 Å². The second-order valence-corrected chi connectivity index (χ2v) is 6.55. The van der Waals surface area contributed by atoms with Crippen molar-refractivity contribution in [1.82, 2.24) is 4.68 Å². The smallest absolute Gasteiger partial charge is 0.205 e. The molecule has 0 spiro atoms. The molecule has 0 saturated carbocycles. The summed E-state index contributed by atoms with van der Waals surface area (Å²) in [5, 5.41) is 8.74. The molecule has 0 fully saturated rings. The minimum atomic E-state index is 0.739. The Balaban J connectivity index is 2.06. The number of benzene rings is 1. The number of aromatic nitrogens is 1. The Kier molecular flexibility index (Phi) is 5.12. The van der Waals surface area contributed by atoms with Gasteiger partial charge in [-0.2, -0.15) is 5.10 Å². The molecule has 3 rings (SSSR count). The summed E-state index contributed by atoms with van der Waals surface area (Å²) in [6.07, 6.45) is 1.76. The molecule has 124 valence electrons. The van der Waals surface area contributed by atoms with Crippen molar-refractivity contribution in [1.29, 1.82) is 0 Å². The molecule has 3 aromatic rings. The number of methoxy groups -OCH3 is 2. The second-order valence-electron chi connectivity index (χ2n) is 4.77. The van der Waals surface area contributed by atoms with Crippen LogP contribution in [-0.2, 0) is 0 Å². The third-order valence-electron chi connectivity index (χ3n) is 3.40. The van der Waals surface area contributed by atoms with Gasteiger partial charge in [0.15, 0.2) is 0 Å². The van der Waals surface area contributed by atoms with Gasteiger partial charge >= 0.3 is 0 Å². The summed E-state index contributed by atoms with van der Waals surface area (Å²) in [7, 11) is 5.04. The van der Waals surface area contributed by atoms with Gasteiger partial charge in [0, 0.05) is 18.0 Å². The molecule has 5 nitrogen and oxygen atoms in total. The summed E-state index contributed by atoms with van der Waals surface area (Å²) < 4.78 is 12.5. The quantitative estimate of drug-likeness (QED) is 0.652. The van der Waals surface area contributed by atoms with Crippen LogP contribution >= 0.6 is 22.7 Å². The van der Waals surface area contributed by atoms with E-state index in [-0.39, 0.29) is 0 Å². The average Bonchev–Trinajstić information content (AvgIpc) is 3.28. The minimum absolute atomic E-state index is 0.739. The molecule has 0 bridgehead atoms. The first kappa shape index (κ1) is 16.5. The SMILES string of the molecule is CN=c1scc(-c2cccs2)n1N=Cc1cc(OC)ccc1OC. The first-order valence-corrected chi connectivity index (χ1v) is 8.96. The van der Waals surface area contributed by atoms with Crippen LogP contribution in [0.5, 0.6) is 11.5 Å². The topological polar surface area (TPSA) is 48.1 Å². The molecule has 0 aliphatic carbocycles. The normalized spacial score (nSPS) is 12.0. The molecule has 2 heterocycles. The third kappa shape index (κ3) is 3.27. The highest BCUT2D eigenvalue weighted by Gasteiger charge is 2.08. The molecule has 0 radical (unpaired) electrons. The molecule has 0 unspecified atom stereocenters. The number of thiazole rings is 1. The number of hydrogen-bond acceptors (Lipinski definition) is 6. The zero-order valence-corrected chi connectivity index (χ0v) is 15.2. The fraction of sp³-hybridized carbons (Fsp3) is 0.176. The molecule has 2 aromatic heterocycles. The van der Waals surface area contributed by atoms with E-state index in [9.17, 15) is 0 Å². The second kappa shape index (κ2) is 7.46. The zero-order chi connectivity index (χ0) is 16.9. The number of thiophene rings is 1. The summed E-state index contributed by atoms with van der Waals surface area (Å²) in [4.78, 5) is 6.29. The predicted molar refractivity (Wildman–Crippen MR) is 99.6 cm³/mol. The van der Waals surface area contributed by atoms with Crippen molar-refractivity contribution >= 4 is 28.9 Å². The first-order valence-electron chi connectivity index (χ1n) is 7.20. The minimum Gasteiger partial charge on any atom is -0.497 e. The van der Waals surface area contributed by atoms with Crippen LogP contribution in [0.4, 0.5) is 0 Å². The van der Waals surface area contributed by atoms with Gasteiger partial charge in [0.25, 0.3) is 0 Å². The lowest BCUT2D eigenvalue weighted by Crippen LogP contribution is -2.11. The average molecular weight is 359 g/mol. The van der Waals surface area contributed by atoms with Gasteiger partial charge in [-0.05, 0) is 29.6 Å². The fourth-order valence-corrected chi connectivity index (χ4v) is 3.81. The number of hydrogen-bond donors (Lipinski definition) is 0. The van der Waals surface area contributed by atoms with Crippen molar-refractivity contribution in [3.63, 3.8) is 0 Å². The van der Waals surface area contributed by atoms with Crippen molar-refractivity contribution in [2.24, 2.45) is 10.1 Å². The lowest BCUT2D eigenvalue weighted by Gasteiger charge is -2.07. The zero-order valence-electron chi connectivity index (χ0n) is 13.6. The van der Waals surface area contributed by atoms with Gasteiger partial charge in [0.05, 0.1) is 31.0 Å². The maximum absolute atomic E-state index is 5.40. The highest BCUT2D eigenvalue weighted by molar-refractivity contribution is 7.14. The Morgan fingerprint density at radius 3 is 2.67 bits per heavy atom. The Morgan fingerprint density at radius 2 is 2.00 bits per heavy atom. The molecule has 0 amide bonds. The van der Waals surface area contributed by atoms with Gasteiger partial charge in [-0.1, -0.05) is 6.07 Å². The van der Waals surface area contributed by atoms with Crippen LogP contribution in [0.2, 0.25) is 0 Å². The van der Waals surface area contributed by atoms with E-state index in [1.807, 2.05) is 28.9 Å². The van der Waals surface area contributed by atoms with Gasteiger partial charge in [-0.15, -0.1) is 22.7 Å². The van der Waals surface area contributed by atoms with Crippen molar-refractivity contribution < 1.29 is 9.47 Å². The standard InChI is InChI=1S/C17H17N3O2S2/c1-18-17-20(14(11-24-17)16-5-4-8-23-16)19-10-12-9-13(21-2)6-7-15(12)22-3/h4-11H,1-3H3. The van der Waals surface area contributed by atoms with Crippen LogP contribution in [0, 0.1) is 0 Å². The van der Waals surface area contributed by atoms with Crippen LogP contribution in [0.3, 0.4) is 0 Å². The van der Waals surface area contributed by atoms with Crippen LogP contribution in [0.15, 0.2) is 51.2 Å². The Hall–Kier alpha value is -2.38. The van der Waals surface area contributed by atoms with E-state index in [0.29, 0.717) is 0 Å². The van der Waals surface area contributed by atoms with Crippen molar-refractivity contribution in [2.75, 3.05) is 21.3 Å². The van der Waals surface area contributed by atoms with Crippen molar-refractivity contribution in [3.05, 3.63) is 51.5 Å². The third-order valence-corrected chi connectivity index (χ3v) is 5.20. The van der Waals surface area contributed by atoms with Crippen LogP contribution in [-0.4, -0.2) is 32.2 Å². The first-order chi connectivity index (χ1) is 11.8. The summed E-state index contributed by atoms with van der Waals surface area (Å²) in [5.41, 5.74) is 1.86. The molecular formula is C17H17N3O2S2. The lowest BCUT2D eigenvalue weighted by molar-refractivity contribution is 0.402. The molecule has 24 heavy (non-hydrogen) atoms. The Labute approximate surface area is 148 Å². The molecule has 0 N–H and O–H groups in total. The number of nitrogens with zero attached hydrogens (tertiary/aromatic N) is 3. The summed E-state index contributed by atoms with van der Waals surface area (Å²) in [6, 6.07) is 9.72. The van der Waals surface area contributed by atoms with Crippen molar-refractivity contribution in [2.45, 2.75) is 0 Å². The van der Waals surface area contributed by atoms with E-state index >= 15 is 0 Å². The highest BCUT2D eigenvalue weighted by Crippen LogP contribution is 2.26. The van der Waals surface area contributed by atoms with Gasteiger partial charge in [-0.25, -0.2) is 4.68 Å². The van der Waals surface area contributed by atoms with Gasteiger partial charge < -0.3 is 9.47 Å². The summed E-state index contributed by atoms with van der Waals surface area (Å²) in [5.74, 6) is 1.49. The van der Waals surface area contributed by atoms with E-state index in [1.54, 1.807) is 50.2 Å². The van der Waals surface area contributed by atoms with E-state index in [1.165, 1.54) is 0 Å².